The van der Waals surface area contributed by atoms with E-state index >= 15 is 0 Å². The van der Waals surface area contributed by atoms with E-state index in [2.05, 4.69) is 193 Å². The van der Waals surface area contributed by atoms with E-state index in [0.29, 0.717) is 0 Å². The predicted octanol–water partition coefficient (Wildman–Crippen LogP) is 12.5. The molecule has 212 valence electrons. The Morgan fingerprint density at radius 1 is 0.267 bits per heavy atom. The summed E-state index contributed by atoms with van der Waals surface area (Å²) in [5, 5.41) is 4.97. The van der Waals surface area contributed by atoms with E-state index in [1.54, 1.807) is 0 Å². The first-order valence-corrected chi connectivity index (χ1v) is 15.4. The Kier molecular flexibility index (Phi) is 6.90. The Morgan fingerprint density at radius 3 is 1.38 bits per heavy atom. The molecule has 0 amide bonds. The molecule has 0 radical (unpaired) electrons. The maximum Gasteiger partial charge on any atom is 0.0546 e. The van der Waals surface area contributed by atoms with Gasteiger partial charge in [-0.1, -0.05) is 158 Å². The van der Waals surface area contributed by atoms with Crippen LogP contribution in [0.4, 0.5) is 17.1 Å². The summed E-state index contributed by atoms with van der Waals surface area (Å²) in [7, 11) is 0. The molecule has 0 saturated heterocycles. The molecule has 45 heavy (non-hydrogen) atoms. The highest BCUT2D eigenvalue weighted by Gasteiger charge is 2.18. The van der Waals surface area contributed by atoms with Crippen LogP contribution in [0.1, 0.15) is 0 Å². The van der Waals surface area contributed by atoms with Gasteiger partial charge in [-0.2, -0.15) is 0 Å². The molecule has 0 aliphatic rings. The van der Waals surface area contributed by atoms with Gasteiger partial charge in [-0.3, -0.25) is 0 Å². The van der Waals surface area contributed by atoms with Crippen molar-refractivity contribution in [2.75, 3.05) is 4.90 Å². The standard InChI is InChI=1S/C44H31N/c1-3-12-32(13-4-1)34-22-24-36(25-23-34)37-17-11-18-40(30-37)45(39-28-26-35(27-29-39)33-14-5-2-6-15-33)44-31-38-16-7-8-19-41(38)42-20-9-10-21-43(42)44/h1-31H. The lowest BCUT2D eigenvalue weighted by Gasteiger charge is -2.28. The molecule has 0 aliphatic heterocycles. The molecule has 0 spiro atoms. The third-order valence-corrected chi connectivity index (χ3v) is 8.65. The summed E-state index contributed by atoms with van der Waals surface area (Å²) < 4.78 is 0. The van der Waals surface area contributed by atoms with Gasteiger partial charge in [-0.25, -0.2) is 0 Å². The monoisotopic (exact) mass is 573 g/mol. The van der Waals surface area contributed by atoms with Crippen molar-refractivity contribution < 1.29 is 0 Å². The zero-order valence-electron chi connectivity index (χ0n) is 24.8. The van der Waals surface area contributed by atoms with Gasteiger partial charge in [0.05, 0.1) is 5.69 Å². The highest BCUT2D eigenvalue weighted by molar-refractivity contribution is 6.14. The summed E-state index contributed by atoms with van der Waals surface area (Å²) >= 11 is 0. The summed E-state index contributed by atoms with van der Waals surface area (Å²) in [4.78, 5) is 2.41. The fourth-order valence-electron chi connectivity index (χ4n) is 6.39. The molecular formula is C44H31N. The Hall–Kier alpha value is -5.92. The van der Waals surface area contributed by atoms with Crippen LogP contribution in [-0.2, 0) is 0 Å². The van der Waals surface area contributed by atoms with Crippen molar-refractivity contribution >= 4 is 38.6 Å². The van der Waals surface area contributed by atoms with E-state index in [1.807, 2.05) is 0 Å². The van der Waals surface area contributed by atoms with E-state index in [0.717, 1.165) is 17.1 Å². The van der Waals surface area contributed by atoms with E-state index < -0.39 is 0 Å². The zero-order chi connectivity index (χ0) is 30.0. The summed E-state index contributed by atoms with van der Waals surface area (Å²) in [6.07, 6.45) is 0. The molecule has 0 bridgehead atoms. The van der Waals surface area contributed by atoms with Gasteiger partial charge in [0.1, 0.15) is 0 Å². The van der Waals surface area contributed by atoms with Crippen LogP contribution >= 0.6 is 0 Å². The third-order valence-electron chi connectivity index (χ3n) is 8.65. The molecule has 8 aromatic carbocycles. The SMILES string of the molecule is c1ccc(-c2ccc(-c3cccc(N(c4ccc(-c5ccccc5)cc4)c4cc5ccccc5c5ccccc45)c3)cc2)cc1. The van der Waals surface area contributed by atoms with Gasteiger partial charge in [0.25, 0.3) is 0 Å². The average molecular weight is 574 g/mol. The lowest BCUT2D eigenvalue weighted by Crippen LogP contribution is -2.10. The quantitative estimate of drug-likeness (QED) is 0.179. The molecule has 8 rings (SSSR count). The van der Waals surface area contributed by atoms with Crippen LogP contribution in [0.5, 0.6) is 0 Å². The van der Waals surface area contributed by atoms with Crippen molar-refractivity contribution in [3.8, 4) is 33.4 Å². The number of anilines is 3. The second kappa shape index (κ2) is 11.6. The molecule has 0 heterocycles. The molecule has 0 saturated carbocycles. The second-order valence-corrected chi connectivity index (χ2v) is 11.4. The molecule has 0 aliphatic carbocycles. The summed E-state index contributed by atoms with van der Waals surface area (Å²) in [5.41, 5.74) is 10.6. The minimum Gasteiger partial charge on any atom is -0.310 e. The Balaban J connectivity index is 1.28. The Bertz CT molecular complexity index is 2230. The summed E-state index contributed by atoms with van der Waals surface area (Å²) in [5.74, 6) is 0. The van der Waals surface area contributed by atoms with Crippen molar-refractivity contribution in [2.24, 2.45) is 0 Å². The molecule has 8 aromatic rings. The van der Waals surface area contributed by atoms with Gasteiger partial charge in [-0.05, 0) is 79.9 Å². The molecule has 0 N–H and O–H groups in total. The van der Waals surface area contributed by atoms with Crippen LogP contribution in [0.3, 0.4) is 0 Å². The van der Waals surface area contributed by atoms with Gasteiger partial charge in [0.2, 0.25) is 0 Å². The van der Waals surface area contributed by atoms with Crippen molar-refractivity contribution in [3.05, 3.63) is 188 Å². The first-order valence-electron chi connectivity index (χ1n) is 15.4. The number of rotatable bonds is 6. The topological polar surface area (TPSA) is 3.24 Å². The van der Waals surface area contributed by atoms with E-state index in [4.69, 9.17) is 0 Å². The van der Waals surface area contributed by atoms with Crippen molar-refractivity contribution in [2.45, 2.75) is 0 Å². The second-order valence-electron chi connectivity index (χ2n) is 11.4. The van der Waals surface area contributed by atoms with E-state index in [9.17, 15) is 0 Å². The number of hydrogen-bond acceptors (Lipinski definition) is 1. The van der Waals surface area contributed by atoms with Gasteiger partial charge >= 0.3 is 0 Å². The first-order chi connectivity index (χ1) is 22.3. The maximum absolute atomic E-state index is 2.41. The Morgan fingerprint density at radius 2 is 0.733 bits per heavy atom. The largest absolute Gasteiger partial charge is 0.310 e. The highest BCUT2D eigenvalue weighted by Crippen LogP contribution is 2.43. The van der Waals surface area contributed by atoms with Gasteiger partial charge in [0.15, 0.2) is 0 Å². The van der Waals surface area contributed by atoms with Gasteiger partial charge < -0.3 is 4.90 Å². The van der Waals surface area contributed by atoms with E-state index in [-0.39, 0.29) is 0 Å². The molecule has 0 aromatic heterocycles. The lowest BCUT2D eigenvalue weighted by molar-refractivity contribution is 1.30. The Labute approximate surface area is 264 Å². The smallest absolute Gasteiger partial charge is 0.0546 e. The number of fused-ring (bicyclic) bond motifs is 3. The van der Waals surface area contributed by atoms with Gasteiger partial charge in [0, 0.05) is 16.8 Å². The van der Waals surface area contributed by atoms with Crippen molar-refractivity contribution in [1.82, 2.24) is 0 Å². The number of benzene rings is 8. The summed E-state index contributed by atoms with van der Waals surface area (Å²) in [6, 6.07) is 67.6. The fraction of sp³-hybridized carbons (Fsp3) is 0. The fourth-order valence-corrected chi connectivity index (χ4v) is 6.39. The molecule has 0 unspecified atom stereocenters. The number of nitrogens with zero attached hydrogens (tertiary/aromatic N) is 1. The minimum atomic E-state index is 1.12. The van der Waals surface area contributed by atoms with Crippen molar-refractivity contribution in [1.29, 1.82) is 0 Å². The average Bonchev–Trinajstić information content (AvgIpc) is 3.13. The van der Waals surface area contributed by atoms with Crippen LogP contribution in [0.2, 0.25) is 0 Å². The molecular weight excluding hydrogens is 542 g/mol. The molecule has 0 fully saturated rings. The zero-order valence-corrected chi connectivity index (χ0v) is 24.8. The predicted molar refractivity (Wildman–Crippen MR) is 192 cm³/mol. The number of hydrogen-bond donors (Lipinski definition) is 0. The minimum absolute atomic E-state index is 1.12. The normalized spacial score (nSPS) is 11.1. The van der Waals surface area contributed by atoms with Crippen LogP contribution in [0.15, 0.2) is 188 Å². The van der Waals surface area contributed by atoms with Gasteiger partial charge in [-0.15, -0.1) is 0 Å². The van der Waals surface area contributed by atoms with Crippen LogP contribution in [0.25, 0.3) is 54.9 Å². The lowest BCUT2D eigenvalue weighted by atomic mass is 9.97. The van der Waals surface area contributed by atoms with Crippen LogP contribution in [0, 0.1) is 0 Å². The summed E-state index contributed by atoms with van der Waals surface area (Å²) in [6.45, 7) is 0. The van der Waals surface area contributed by atoms with Crippen LogP contribution < -0.4 is 4.90 Å². The highest BCUT2D eigenvalue weighted by atomic mass is 15.1. The molecule has 0 atom stereocenters. The first kappa shape index (κ1) is 26.7. The molecule has 1 nitrogen and oxygen atoms in total. The maximum atomic E-state index is 2.41. The molecule has 1 heteroatoms. The third kappa shape index (κ3) is 5.15. The van der Waals surface area contributed by atoms with Crippen LogP contribution in [-0.4, -0.2) is 0 Å². The van der Waals surface area contributed by atoms with Crippen molar-refractivity contribution in [3.63, 3.8) is 0 Å². The van der Waals surface area contributed by atoms with E-state index in [1.165, 1.54) is 54.9 Å².